The second kappa shape index (κ2) is 9.21. The summed E-state index contributed by atoms with van der Waals surface area (Å²) in [7, 11) is 0. The second-order valence-electron chi connectivity index (χ2n) is 6.26. The fourth-order valence-corrected chi connectivity index (χ4v) is 2.85. The van der Waals surface area contributed by atoms with Crippen LogP contribution in [0.4, 0.5) is 0 Å². The Morgan fingerprint density at radius 3 is 1.74 bits per heavy atom. The number of Topliss-reactive ketones (excluding diaryl/α,β-unsaturated/α-hetero) is 2. The molecule has 0 amide bonds. The molecule has 0 aromatic heterocycles. The Balaban J connectivity index is 2.04. The molecule has 7 heteroatoms. The van der Waals surface area contributed by atoms with Gasteiger partial charge in [0.25, 0.3) is 5.06 Å². The van der Waals surface area contributed by atoms with Crippen molar-refractivity contribution in [3.05, 3.63) is 71.8 Å². The molecule has 27 heavy (non-hydrogen) atoms. The summed E-state index contributed by atoms with van der Waals surface area (Å²) in [5, 5.41) is 37.1. The zero-order valence-electron chi connectivity index (χ0n) is 14.4. The van der Waals surface area contributed by atoms with Gasteiger partial charge in [-0.15, -0.1) is 0 Å². The lowest BCUT2D eigenvalue weighted by Gasteiger charge is -2.25. The third kappa shape index (κ3) is 5.45. The van der Waals surface area contributed by atoms with Gasteiger partial charge < -0.3 is 20.4 Å². The third-order valence-corrected chi connectivity index (χ3v) is 4.52. The van der Waals surface area contributed by atoms with Gasteiger partial charge in [0.05, 0.1) is 6.10 Å². The molecule has 0 aliphatic carbocycles. The van der Waals surface area contributed by atoms with Gasteiger partial charge >= 0.3 is 0 Å². The van der Waals surface area contributed by atoms with E-state index in [-0.39, 0.29) is 12.8 Å². The van der Waals surface area contributed by atoms with Gasteiger partial charge in [-0.3, -0.25) is 9.59 Å². The van der Waals surface area contributed by atoms with Crippen LogP contribution in [0.1, 0.15) is 11.1 Å². The van der Waals surface area contributed by atoms with Crippen LogP contribution in [0.3, 0.4) is 0 Å². The van der Waals surface area contributed by atoms with Crippen LogP contribution in [-0.2, 0) is 22.4 Å². The lowest BCUT2D eigenvalue weighted by molar-refractivity contribution is -0.155. The maximum Gasteiger partial charge on any atom is 0.262 e. The number of alkyl halides is 1. The van der Waals surface area contributed by atoms with Gasteiger partial charge in [-0.25, -0.2) is 0 Å². The zero-order chi connectivity index (χ0) is 20.0. The van der Waals surface area contributed by atoms with Crippen molar-refractivity contribution >= 4 is 23.2 Å². The first-order valence-electron chi connectivity index (χ1n) is 8.35. The molecule has 144 valence electrons. The number of hydrogen-bond donors (Lipinski definition) is 4. The molecule has 2 rings (SSSR count). The van der Waals surface area contributed by atoms with E-state index in [0.717, 1.165) is 0 Å². The number of ketones is 2. The smallest absolute Gasteiger partial charge is 0.262 e. The molecule has 0 aliphatic rings. The minimum absolute atomic E-state index is 0.0819. The van der Waals surface area contributed by atoms with Crippen molar-refractivity contribution in [1.29, 1.82) is 0 Å². The number of aliphatic hydroxyl groups is 4. The molecule has 0 fully saturated rings. The van der Waals surface area contributed by atoms with Crippen LogP contribution < -0.4 is 0 Å². The number of hydrogen-bond acceptors (Lipinski definition) is 6. The molecule has 2 aromatic carbocycles. The molecule has 2 aromatic rings. The highest BCUT2D eigenvalue weighted by Crippen LogP contribution is 2.22. The maximum absolute atomic E-state index is 12.3. The monoisotopic (exact) mass is 392 g/mol. The van der Waals surface area contributed by atoms with Crippen LogP contribution >= 0.6 is 11.6 Å². The average Bonchev–Trinajstić information content (AvgIpc) is 2.67. The summed E-state index contributed by atoms with van der Waals surface area (Å²) in [6.07, 6.45) is -5.67. The first-order chi connectivity index (χ1) is 12.7. The Morgan fingerprint density at radius 2 is 1.26 bits per heavy atom. The van der Waals surface area contributed by atoms with Crippen LogP contribution in [0.2, 0.25) is 0 Å². The molecule has 0 bridgehead atoms. The Hall–Kier alpha value is -2.09. The lowest BCUT2D eigenvalue weighted by Crippen LogP contribution is -2.54. The maximum atomic E-state index is 12.3. The van der Waals surface area contributed by atoms with Crippen LogP contribution in [0, 0.1) is 0 Å². The number of carbonyl (C=O) groups is 2. The first kappa shape index (κ1) is 21.2. The molecule has 4 atom stereocenters. The Kier molecular flexibility index (Phi) is 7.24. The minimum Gasteiger partial charge on any atom is -0.390 e. The van der Waals surface area contributed by atoms with E-state index in [1.165, 1.54) is 0 Å². The Bertz CT molecular complexity index is 763. The highest BCUT2D eigenvalue weighted by Gasteiger charge is 2.48. The number of aliphatic hydroxyl groups excluding tert-OH is 3. The zero-order valence-corrected chi connectivity index (χ0v) is 15.2. The van der Waals surface area contributed by atoms with Gasteiger partial charge in [-0.2, -0.15) is 0 Å². The molecule has 0 spiro atoms. The molecular weight excluding hydrogens is 372 g/mol. The summed E-state index contributed by atoms with van der Waals surface area (Å²) in [6, 6.07) is 17.0. The molecule has 6 nitrogen and oxygen atoms in total. The fourth-order valence-electron chi connectivity index (χ4n) is 2.61. The standard InChI is InChI=1S/C20H21ClO6/c21-20(27,18(25)16(23)12-14-9-5-2-6-10-14)19(26)17(24)15(22)11-13-7-3-1-4-8-13/h1-10,15-17,22-24,27H,11-12H2/t15?,16?,17-,20+/m0/s1. The molecule has 0 radical (unpaired) electrons. The Morgan fingerprint density at radius 1 is 0.815 bits per heavy atom. The number of rotatable bonds is 9. The van der Waals surface area contributed by atoms with Gasteiger partial charge in [0.2, 0.25) is 11.6 Å². The van der Waals surface area contributed by atoms with E-state index in [0.29, 0.717) is 11.1 Å². The van der Waals surface area contributed by atoms with Crippen molar-refractivity contribution in [1.82, 2.24) is 0 Å². The van der Waals surface area contributed by atoms with E-state index in [1.54, 1.807) is 60.7 Å². The van der Waals surface area contributed by atoms with Gasteiger partial charge in [0.1, 0.15) is 12.2 Å². The van der Waals surface area contributed by atoms with Gasteiger partial charge in [0.15, 0.2) is 0 Å². The van der Waals surface area contributed by atoms with Crippen LogP contribution in [0.25, 0.3) is 0 Å². The summed E-state index contributed by atoms with van der Waals surface area (Å²) in [6.45, 7) is 0. The quantitative estimate of drug-likeness (QED) is 0.367. The third-order valence-electron chi connectivity index (χ3n) is 4.15. The van der Waals surface area contributed by atoms with E-state index in [2.05, 4.69) is 0 Å². The molecular formula is C20H21ClO6. The van der Waals surface area contributed by atoms with Crippen molar-refractivity contribution in [3.8, 4) is 0 Å². The molecule has 0 aliphatic heterocycles. The Labute approximate surface area is 161 Å². The molecule has 2 unspecified atom stereocenters. The number of benzene rings is 2. The second-order valence-corrected chi connectivity index (χ2v) is 6.81. The summed E-state index contributed by atoms with van der Waals surface area (Å²) in [4.78, 5) is 24.5. The average molecular weight is 393 g/mol. The molecule has 0 saturated heterocycles. The summed E-state index contributed by atoms with van der Waals surface area (Å²) < 4.78 is 0. The SMILES string of the molecule is O=C(C(O)Cc1ccccc1)[C@](O)(Cl)C(=O)[C@@H](O)C(O)Cc1ccccc1. The van der Waals surface area contributed by atoms with E-state index in [4.69, 9.17) is 11.6 Å². The highest BCUT2D eigenvalue weighted by atomic mass is 35.5. The van der Waals surface area contributed by atoms with Gasteiger partial charge in [0, 0.05) is 12.8 Å². The summed E-state index contributed by atoms with van der Waals surface area (Å²) in [5.41, 5.74) is 1.24. The highest BCUT2D eigenvalue weighted by molar-refractivity contribution is 6.46. The number of carbonyl (C=O) groups excluding carboxylic acids is 2. The van der Waals surface area contributed by atoms with Crippen LogP contribution in [0.15, 0.2) is 60.7 Å². The van der Waals surface area contributed by atoms with E-state index >= 15 is 0 Å². The van der Waals surface area contributed by atoms with E-state index < -0.39 is 34.9 Å². The topological polar surface area (TPSA) is 115 Å². The van der Waals surface area contributed by atoms with Crippen molar-refractivity contribution in [2.24, 2.45) is 0 Å². The van der Waals surface area contributed by atoms with Crippen molar-refractivity contribution < 1.29 is 30.0 Å². The largest absolute Gasteiger partial charge is 0.390 e. The van der Waals surface area contributed by atoms with Crippen molar-refractivity contribution in [2.45, 2.75) is 36.2 Å². The molecule has 0 heterocycles. The normalized spacial score (nSPS) is 16.8. The van der Waals surface area contributed by atoms with Gasteiger partial charge in [-0.1, -0.05) is 72.3 Å². The van der Waals surface area contributed by atoms with Crippen molar-refractivity contribution in [2.75, 3.05) is 0 Å². The molecule has 4 N–H and O–H groups in total. The predicted octanol–water partition coefficient (Wildman–Crippen LogP) is 0.620. The lowest BCUT2D eigenvalue weighted by atomic mass is 9.93. The van der Waals surface area contributed by atoms with Crippen molar-refractivity contribution in [3.63, 3.8) is 0 Å². The molecule has 0 saturated carbocycles. The van der Waals surface area contributed by atoms with Crippen LogP contribution in [-0.4, -0.2) is 55.4 Å². The summed E-state index contributed by atoms with van der Waals surface area (Å²) >= 11 is 5.67. The number of halogens is 1. The summed E-state index contributed by atoms with van der Waals surface area (Å²) in [5.74, 6) is -2.84. The minimum atomic E-state index is -3.15. The first-order valence-corrected chi connectivity index (χ1v) is 8.73. The fraction of sp³-hybridized carbons (Fsp3) is 0.300. The predicted molar refractivity (Wildman–Crippen MR) is 99.1 cm³/mol. The van der Waals surface area contributed by atoms with E-state index in [9.17, 15) is 30.0 Å². The van der Waals surface area contributed by atoms with Gasteiger partial charge in [-0.05, 0) is 11.1 Å². The van der Waals surface area contributed by atoms with E-state index in [1.807, 2.05) is 0 Å². The van der Waals surface area contributed by atoms with Crippen LogP contribution in [0.5, 0.6) is 0 Å².